The Morgan fingerprint density at radius 2 is 2.27 bits per heavy atom. The van der Waals surface area contributed by atoms with Crippen LogP contribution >= 0.6 is 15.9 Å². The number of hydrogen-bond donors (Lipinski definition) is 0. The largest absolute Gasteiger partial charge is 0.267 e. The predicted octanol–water partition coefficient (Wildman–Crippen LogP) is 2.34. The standard InChI is InChI=1S/C8H7BrN2/c1-11-8-6(5-10-11)3-2-4-7(8)9/h2-5H,1H3. The number of benzene rings is 1. The lowest BCUT2D eigenvalue weighted by atomic mass is 10.3. The molecular weight excluding hydrogens is 204 g/mol. The first-order valence-electron chi connectivity index (χ1n) is 3.35. The zero-order valence-corrected chi connectivity index (χ0v) is 7.67. The molecule has 0 N–H and O–H groups in total. The first kappa shape index (κ1) is 6.85. The quantitative estimate of drug-likeness (QED) is 0.653. The second kappa shape index (κ2) is 2.34. The fourth-order valence-electron chi connectivity index (χ4n) is 1.18. The molecule has 3 heteroatoms. The second-order valence-electron chi connectivity index (χ2n) is 2.45. The Kier molecular flexibility index (Phi) is 1.46. The average Bonchev–Trinajstić information content (AvgIpc) is 2.34. The fraction of sp³-hybridized carbons (Fsp3) is 0.125. The third kappa shape index (κ3) is 0.959. The highest BCUT2D eigenvalue weighted by molar-refractivity contribution is 9.10. The molecule has 0 spiro atoms. The van der Waals surface area contributed by atoms with Crippen LogP contribution in [0, 0.1) is 0 Å². The summed E-state index contributed by atoms with van der Waals surface area (Å²) in [6.45, 7) is 0. The van der Waals surface area contributed by atoms with E-state index in [4.69, 9.17) is 0 Å². The van der Waals surface area contributed by atoms with Gasteiger partial charge in [-0.15, -0.1) is 0 Å². The lowest BCUT2D eigenvalue weighted by Gasteiger charge is -1.95. The number of nitrogens with zero attached hydrogens (tertiary/aromatic N) is 2. The van der Waals surface area contributed by atoms with Gasteiger partial charge in [-0.25, -0.2) is 0 Å². The molecule has 0 unspecified atom stereocenters. The first-order chi connectivity index (χ1) is 5.29. The minimum atomic E-state index is 1.09. The summed E-state index contributed by atoms with van der Waals surface area (Å²) in [4.78, 5) is 0. The van der Waals surface area contributed by atoms with Crippen molar-refractivity contribution in [1.82, 2.24) is 9.78 Å². The number of hydrogen-bond acceptors (Lipinski definition) is 1. The Bertz CT molecular complexity index is 392. The molecule has 1 aromatic carbocycles. The summed E-state index contributed by atoms with van der Waals surface area (Å²) >= 11 is 3.47. The molecule has 0 saturated heterocycles. The molecule has 0 atom stereocenters. The molecule has 0 aliphatic rings. The molecule has 2 nitrogen and oxygen atoms in total. The average molecular weight is 211 g/mol. The monoisotopic (exact) mass is 210 g/mol. The molecule has 0 radical (unpaired) electrons. The van der Waals surface area contributed by atoms with E-state index in [0.29, 0.717) is 0 Å². The van der Waals surface area contributed by atoms with Crippen LogP contribution in [0.1, 0.15) is 0 Å². The molecule has 11 heavy (non-hydrogen) atoms. The number of aryl methyl sites for hydroxylation is 1. The summed E-state index contributed by atoms with van der Waals surface area (Å²) in [5.41, 5.74) is 1.15. The van der Waals surface area contributed by atoms with E-state index in [1.165, 1.54) is 5.39 Å². The van der Waals surface area contributed by atoms with Crippen LogP contribution in [0.15, 0.2) is 28.9 Å². The van der Waals surface area contributed by atoms with Crippen LogP contribution in [-0.2, 0) is 7.05 Å². The normalized spacial score (nSPS) is 10.7. The Hall–Kier alpha value is -0.830. The van der Waals surface area contributed by atoms with Crippen molar-refractivity contribution in [3.63, 3.8) is 0 Å². The fourth-order valence-corrected chi connectivity index (χ4v) is 1.82. The molecule has 56 valence electrons. The van der Waals surface area contributed by atoms with E-state index in [-0.39, 0.29) is 0 Å². The highest BCUT2D eigenvalue weighted by Gasteiger charge is 2.00. The third-order valence-corrected chi connectivity index (χ3v) is 2.35. The molecule has 2 rings (SSSR count). The maximum Gasteiger partial charge on any atom is 0.0821 e. The van der Waals surface area contributed by atoms with Crippen molar-refractivity contribution in [3.8, 4) is 0 Å². The van der Waals surface area contributed by atoms with E-state index < -0.39 is 0 Å². The van der Waals surface area contributed by atoms with Crippen LogP contribution in [0.2, 0.25) is 0 Å². The molecule has 0 aliphatic heterocycles. The number of aromatic nitrogens is 2. The lowest BCUT2D eigenvalue weighted by molar-refractivity contribution is 0.795. The zero-order chi connectivity index (χ0) is 7.84. The van der Waals surface area contributed by atoms with Crippen molar-refractivity contribution in [3.05, 3.63) is 28.9 Å². The van der Waals surface area contributed by atoms with Gasteiger partial charge in [-0.1, -0.05) is 12.1 Å². The Morgan fingerprint density at radius 1 is 1.45 bits per heavy atom. The van der Waals surface area contributed by atoms with E-state index in [1.54, 1.807) is 0 Å². The van der Waals surface area contributed by atoms with E-state index in [2.05, 4.69) is 21.0 Å². The van der Waals surface area contributed by atoms with Gasteiger partial charge in [0.2, 0.25) is 0 Å². The van der Waals surface area contributed by atoms with Crippen molar-refractivity contribution in [1.29, 1.82) is 0 Å². The van der Waals surface area contributed by atoms with Crippen LogP contribution < -0.4 is 0 Å². The predicted molar refractivity (Wildman–Crippen MR) is 48.4 cm³/mol. The van der Waals surface area contributed by atoms with E-state index >= 15 is 0 Å². The molecule has 0 amide bonds. The molecule has 0 saturated carbocycles. The van der Waals surface area contributed by atoms with Crippen LogP contribution in [0.5, 0.6) is 0 Å². The Balaban J connectivity index is 2.96. The summed E-state index contributed by atoms with van der Waals surface area (Å²) in [5, 5.41) is 5.31. The SMILES string of the molecule is Cn1ncc2cccc(Br)c21. The second-order valence-corrected chi connectivity index (χ2v) is 3.30. The lowest BCUT2D eigenvalue weighted by Crippen LogP contribution is -1.88. The summed E-state index contributed by atoms with van der Waals surface area (Å²) in [7, 11) is 1.94. The van der Waals surface area contributed by atoms with Crippen LogP contribution in [0.3, 0.4) is 0 Å². The van der Waals surface area contributed by atoms with Gasteiger partial charge < -0.3 is 0 Å². The van der Waals surface area contributed by atoms with Crippen LogP contribution in [0.25, 0.3) is 10.9 Å². The molecular formula is C8H7BrN2. The molecule has 1 aromatic heterocycles. The topological polar surface area (TPSA) is 17.8 Å². The number of para-hydroxylation sites is 1. The van der Waals surface area contributed by atoms with Crippen LogP contribution in [0.4, 0.5) is 0 Å². The van der Waals surface area contributed by atoms with E-state index in [1.807, 2.05) is 36.1 Å². The van der Waals surface area contributed by atoms with Crippen molar-refractivity contribution in [2.75, 3.05) is 0 Å². The van der Waals surface area contributed by atoms with Crippen molar-refractivity contribution in [2.45, 2.75) is 0 Å². The van der Waals surface area contributed by atoms with Gasteiger partial charge in [-0.3, -0.25) is 4.68 Å². The van der Waals surface area contributed by atoms with Gasteiger partial charge in [0.25, 0.3) is 0 Å². The highest BCUT2D eigenvalue weighted by atomic mass is 79.9. The molecule has 0 aliphatic carbocycles. The van der Waals surface area contributed by atoms with Crippen molar-refractivity contribution >= 4 is 26.8 Å². The number of rotatable bonds is 0. The first-order valence-corrected chi connectivity index (χ1v) is 4.14. The van der Waals surface area contributed by atoms with Gasteiger partial charge >= 0.3 is 0 Å². The Labute approximate surface area is 73.0 Å². The van der Waals surface area contributed by atoms with E-state index in [0.717, 1.165) is 9.99 Å². The molecule has 0 fully saturated rings. The molecule has 1 heterocycles. The van der Waals surface area contributed by atoms with Gasteiger partial charge in [0, 0.05) is 16.9 Å². The minimum absolute atomic E-state index is 1.09. The molecule has 2 aromatic rings. The molecule has 0 bridgehead atoms. The highest BCUT2D eigenvalue weighted by Crippen LogP contribution is 2.22. The summed E-state index contributed by atoms with van der Waals surface area (Å²) in [5.74, 6) is 0. The number of halogens is 1. The maximum absolute atomic E-state index is 4.14. The van der Waals surface area contributed by atoms with Gasteiger partial charge in [0.15, 0.2) is 0 Å². The summed E-state index contributed by atoms with van der Waals surface area (Å²) in [6, 6.07) is 6.07. The van der Waals surface area contributed by atoms with Crippen molar-refractivity contribution < 1.29 is 0 Å². The smallest absolute Gasteiger partial charge is 0.0821 e. The van der Waals surface area contributed by atoms with Gasteiger partial charge in [-0.05, 0) is 22.0 Å². The minimum Gasteiger partial charge on any atom is -0.267 e. The summed E-state index contributed by atoms with van der Waals surface area (Å²) < 4.78 is 2.95. The third-order valence-electron chi connectivity index (χ3n) is 1.71. The Morgan fingerprint density at radius 3 is 3.00 bits per heavy atom. The zero-order valence-electron chi connectivity index (χ0n) is 6.08. The van der Waals surface area contributed by atoms with E-state index in [9.17, 15) is 0 Å². The maximum atomic E-state index is 4.14. The van der Waals surface area contributed by atoms with Gasteiger partial charge in [-0.2, -0.15) is 5.10 Å². The van der Waals surface area contributed by atoms with Crippen LogP contribution in [-0.4, -0.2) is 9.78 Å². The van der Waals surface area contributed by atoms with Gasteiger partial charge in [0.05, 0.1) is 11.7 Å². The van der Waals surface area contributed by atoms with Crippen molar-refractivity contribution in [2.24, 2.45) is 7.05 Å². The number of fused-ring (bicyclic) bond motifs is 1. The van der Waals surface area contributed by atoms with Gasteiger partial charge in [0.1, 0.15) is 0 Å². The summed E-state index contributed by atoms with van der Waals surface area (Å²) in [6.07, 6.45) is 1.86.